The number of Topliss-reactive ketones (excluding diaryl/α,β-unsaturated/α-hetero) is 1. The lowest BCUT2D eigenvalue weighted by Gasteiger charge is -2.11. The van der Waals surface area contributed by atoms with Gasteiger partial charge in [0, 0.05) is 22.9 Å². The maximum Gasteiger partial charge on any atom is 0.164 e. The van der Waals surface area contributed by atoms with Crippen molar-refractivity contribution in [2.24, 2.45) is 0 Å². The van der Waals surface area contributed by atoms with Gasteiger partial charge >= 0.3 is 0 Å². The molecule has 88 valence electrons. The quantitative estimate of drug-likeness (QED) is 0.590. The molecule has 2 nitrogen and oxygen atoms in total. The first-order valence-electron chi connectivity index (χ1n) is 5.14. The van der Waals surface area contributed by atoms with Gasteiger partial charge in [0.1, 0.15) is 5.75 Å². The first-order chi connectivity index (χ1) is 7.74. The standard InChI is InChI=1S/C12H14BrClO2/c1-2-16-12-5-3-4-9(10(12)8-14)11(15)6-7-13/h3-5H,2,6-8H2,1H3. The first kappa shape index (κ1) is 13.5. The average molecular weight is 306 g/mol. The highest BCUT2D eigenvalue weighted by Gasteiger charge is 2.14. The fourth-order valence-electron chi connectivity index (χ4n) is 1.48. The Morgan fingerprint density at radius 3 is 2.81 bits per heavy atom. The molecule has 0 saturated heterocycles. The van der Waals surface area contributed by atoms with Gasteiger partial charge in [-0.15, -0.1) is 11.6 Å². The van der Waals surface area contributed by atoms with Crippen LogP contribution in [0.2, 0.25) is 0 Å². The highest BCUT2D eigenvalue weighted by Crippen LogP contribution is 2.25. The molecule has 1 aromatic rings. The van der Waals surface area contributed by atoms with E-state index in [1.807, 2.05) is 19.1 Å². The lowest BCUT2D eigenvalue weighted by molar-refractivity contribution is 0.0988. The summed E-state index contributed by atoms with van der Waals surface area (Å²) in [6, 6.07) is 5.46. The zero-order valence-corrected chi connectivity index (χ0v) is 11.5. The summed E-state index contributed by atoms with van der Waals surface area (Å²) >= 11 is 9.13. The molecule has 0 aliphatic heterocycles. The third-order valence-corrected chi connectivity index (χ3v) is 2.85. The van der Waals surface area contributed by atoms with Crippen LogP contribution in [-0.2, 0) is 5.88 Å². The van der Waals surface area contributed by atoms with E-state index in [4.69, 9.17) is 16.3 Å². The number of rotatable bonds is 6. The second-order valence-electron chi connectivity index (χ2n) is 3.21. The van der Waals surface area contributed by atoms with E-state index < -0.39 is 0 Å². The van der Waals surface area contributed by atoms with Crippen molar-refractivity contribution in [2.75, 3.05) is 11.9 Å². The molecule has 0 bridgehead atoms. The fraction of sp³-hybridized carbons (Fsp3) is 0.417. The van der Waals surface area contributed by atoms with Crippen molar-refractivity contribution in [3.8, 4) is 5.75 Å². The molecular weight excluding hydrogens is 291 g/mol. The zero-order valence-electron chi connectivity index (χ0n) is 9.13. The summed E-state index contributed by atoms with van der Waals surface area (Å²) in [7, 11) is 0. The molecule has 1 rings (SSSR count). The van der Waals surface area contributed by atoms with E-state index >= 15 is 0 Å². The van der Waals surface area contributed by atoms with Crippen molar-refractivity contribution in [3.63, 3.8) is 0 Å². The average Bonchev–Trinajstić information content (AvgIpc) is 2.29. The Bertz CT molecular complexity index is 366. The van der Waals surface area contributed by atoms with Crippen LogP contribution >= 0.6 is 27.5 Å². The fourth-order valence-corrected chi connectivity index (χ4v) is 2.11. The SMILES string of the molecule is CCOc1cccc(C(=O)CCBr)c1CCl. The van der Waals surface area contributed by atoms with Gasteiger partial charge in [0.25, 0.3) is 0 Å². The van der Waals surface area contributed by atoms with Gasteiger partial charge in [-0.3, -0.25) is 4.79 Å². The molecule has 0 unspecified atom stereocenters. The van der Waals surface area contributed by atoms with E-state index in [0.29, 0.717) is 35.6 Å². The second-order valence-corrected chi connectivity index (χ2v) is 4.27. The van der Waals surface area contributed by atoms with Crippen LogP contribution in [0.25, 0.3) is 0 Å². The van der Waals surface area contributed by atoms with Crippen LogP contribution in [-0.4, -0.2) is 17.7 Å². The minimum absolute atomic E-state index is 0.0917. The van der Waals surface area contributed by atoms with Crippen molar-refractivity contribution in [3.05, 3.63) is 29.3 Å². The van der Waals surface area contributed by atoms with Gasteiger partial charge in [0.2, 0.25) is 0 Å². The van der Waals surface area contributed by atoms with E-state index in [1.54, 1.807) is 6.07 Å². The molecule has 0 fully saturated rings. The molecule has 0 aliphatic rings. The summed E-state index contributed by atoms with van der Waals surface area (Å²) in [6.45, 7) is 2.48. The minimum atomic E-state index is 0.0917. The maximum absolute atomic E-state index is 11.8. The van der Waals surface area contributed by atoms with Gasteiger partial charge < -0.3 is 4.74 Å². The van der Waals surface area contributed by atoms with E-state index in [-0.39, 0.29) is 5.78 Å². The number of ether oxygens (including phenoxy) is 1. The summed E-state index contributed by atoms with van der Waals surface area (Å²) < 4.78 is 5.45. The summed E-state index contributed by atoms with van der Waals surface area (Å²) in [5.41, 5.74) is 1.46. The molecule has 1 aromatic carbocycles. The minimum Gasteiger partial charge on any atom is -0.494 e. The summed E-state index contributed by atoms with van der Waals surface area (Å²) in [4.78, 5) is 11.8. The van der Waals surface area contributed by atoms with Crippen molar-refractivity contribution >= 4 is 33.3 Å². The molecule has 0 aromatic heterocycles. The van der Waals surface area contributed by atoms with Crippen molar-refractivity contribution < 1.29 is 9.53 Å². The first-order valence-corrected chi connectivity index (χ1v) is 6.80. The molecule has 0 N–H and O–H groups in total. The molecule has 4 heteroatoms. The van der Waals surface area contributed by atoms with E-state index in [1.165, 1.54) is 0 Å². The highest BCUT2D eigenvalue weighted by atomic mass is 79.9. The third-order valence-electron chi connectivity index (χ3n) is 2.19. The highest BCUT2D eigenvalue weighted by molar-refractivity contribution is 9.09. The third kappa shape index (κ3) is 3.22. The predicted molar refractivity (Wildman–Crippen MR) is 69.9 cm³/mol. The number of alkyl halides is 2. The van der Waals surface area contributed by atoms with Crippen LogP contribution in [0.3, 0.4) is 0 Å². The van der Waals surface area contributed by atoms with Crippen molar-refractivity contribution in [1.82, 2.24) is 0 Å². The lowest BCUT2D eigenvalue weighted by atomic mass is 10.0. The Morgan fingerprint density at radius 2 is 2.25 bits per heavy atom. The van der Waals surface area contributed by atoms with Gasteiger partial charge in [0.05, 0.1) is 12.5 Å². The summed E-state index contributed by atoms with van der Waals surface area (Å²) in [5.74, 6) is 1.09. The molecule has 0 atom stereocenters. The van der Waals surface area contributed by atoms with Crippen LogP contribution in [0.15, 0.2) is 18.2 Å². The van der Waals surface area contributed by atoms with E-state index in [2.05, 4.69) is 15.9 Å². The Morgan fingerprint density at radius 1 is 1.50 bits per heavy atom. The molecule has 16 heavy (non-hydrogen) atoms. The molecular formula is C12H14BrClO2. The van der Waals surface area contributed by atoms with Gasteiger partial charge in [-0.05, 0) is 13.0 Å². The largest absolute Gasteiger partial charge is 0.494 e. The van der Waals surface area contributed by atoms with Crippen LogP contribution in [0, 0.1) is 0 Å². The molecule has 0 radical (unpaired) electrons. The monoisotopic (exact) mass is 304 g/mol. The van der Waals surface area contributed by atoms with Gasteiger partial charge in [-0.1, -0.05) is 28.1 Å². The molecule has 0 amide bonds. The van der Waals surface area contributed by atoms with E-state index in [9.17, 15) is 4.79 Å². The molecule has 0 spiro atoms. The van der Waals surface area contributed by atoms with Gasteiger partial charge in [-0.25, -0.2) is 0 Å². The van der Waals surface area contributed by atoms with Gasteiger partial charge in [-0.2, -0.15) is 0 Å². The van der Waals surface area contributed by atoms with Crippen LogP contribution in [0.4, 0.5) is 0 Å². The normalized spacial score (nSPS) is 10.2. The van der Waals surface area contributed by atoms with Crippen molar-refractivity contribution in [1.29, 1.82) is 0 Å². The smallest absolute Gasteiger partial charge is 0.164 e. The Balaban J connectivity index is 3.08. The number of hydrogen-bond donors (Lipinski definition) is 0. The Kier molecular flexibility index (Phi) is 5.85. The van der Waals surface area contributed by atoms with Gasteiger partial charge in [0.15, 0.2) is 5.78 Å². The molecule has 0 aliphatic carbocycles. The van der Waals surface area contributed by atoms with Crippen molar-refractivity contribution in [2.45, 2.75) is 19.2 Å². The number of halogens is 2. The zero-order chi connectivity index (χ0) is 12.0. The van der Waals surface area contributed by atoms with Crippen LogP contribution < -0.4 is 4.74 Å². The van der Waals surface area contributed by atoms with Crippen LogP contribution in [0.1, 0.15) is 29.3 Å². The van der Waals surface area contributed by atoms with Crippen LogP contribution in [0.5, 0.6) is 5.75 Å². The number of carbonyl (C=O) groups is 1. The predicted octanol–water partition coefficient (Wildman–Crippen LogP) is 3.79. The number of ketones is 1. The summed E-state index contributed by atoms with van der Waals surface area (Å²) in [6.07, 6.45) is 0.472. The second kappa shape index (κ2) is 6.92. The number of carbonyl (C=O) groups excluding carboxylic acids is 1. The molecule has 0 saturated carbocycles. The Hall–Kier alpha value is -0.540. The lowest BCUT2D eigenvalue weighted by Crippen LogP contribution is -2.06. The molecule has 0 heterocycles. The topological polar surface area (TPSA) is 26.3 Å². The Labute approximate surface area is 109 Å². The number of hydrogen-bond acceptors (Lipinski definition) is 2. The summed E-state index contributed by atoms with van der Waals surface area (Å²) in [5, 5.41) is 0.659. The number of benzene rings is 1. The maximum atomic E-state index is 11.8. The van der Waals surface area contributed by atoms with E-state index in [0.717, 1.165) is 5.56 Å².